The van der Waals surface area contributed by atoms with E-state index in [1.54, 1.807) is 13.0 Å². The molecule has 3 nitrogen and oxygen atoms in total. The minimum Gasteiger partial charge on any atom is -0.507 e. The van der Waals surface area contributed by atoms with Crippen molar-refractivity contribution in [3.63, 3.8) is 0 Å². The summed E-state index contributed by atoms with van der Waals surface area (Å²) >= 11 is 0. The average Bonchev–Trinajstić information content (AvgIpc) is 2.41. The summed E-state index contributed by atoms with van der Waals surface area (Å²) in [5, 5.41) is 11.8. The molecule has 0 atom stereocenters. The fourth-order valence-electron chi connectivity index (χ4n) is 1.78. The fourth-order valence-corrected chi connectivity index (χ4v) is 1.78. The molecule has 1 amide bonds. The average molecular weight is 277 g/mol. The number of amides is 1. The predicted molar refractivity (Wildman–Crippen MR) is 71.9 cm³/mol. The van der Waals surface area contributed by atoms with Gasteiger partial charge in [-0.2, -0.15) is 0 Å². The van der Waals surface area contributed by atoms with E-state index in [2.05, 4.69) is 5.32 Å². The van der Waals surface area contributed by atoms with Crippen molar-refractivity contribution >= 4 is 11.6 Å². The van der Waals surface area contributed by atoms with Crippen LogP contribution in [0.1, 0.15) is 21.5 Å². The second kappa shape index (κ2) is 5.28. The van der Waals surface area contributed by atoms with E-state index >= 15 is 0 Å². The summed E-state index contributed by atoms with van der Waals surface area (Å²) in [4.78, 5) is 12.0. The topological polar surface area (TPSA) is 49.3 Å². The van der Waals surface area contributed by atoms with Crippen molar-refractivity contribution in [1.82, 2.24) is 0 Å². The molecule has 0 heterocycles. The van der Waals surface area contributed by atoms with Gasteiger partial charge in [-0.3, -0.25) is 4.79 Å². The molecule has 2 N–H and O–H groups in total. The number of anilines is 1. The van der Waals surface area contributed by atoms with E-state index in [0.29, 0.717) is 0 Å². The number of nitrogens with one attached hydrogen (secondary N) is 1. The number of benzene rings is 2. The van der Waals surface area contributed by atoms with Crippen LogP contribution in [-0.2, 0) is 0 Å². The van der Waals surface area contributed by atoms with Crippen LogP contribution in [0.15, 0.2) is 30.3 Å². The SMILES string of the molecule is Cc1ccc(O)c(C(=O)Nc2c(F)ccc(C)c2F)c1. The molecule has 20 heavy (non-hydrogen) atoms. The van der Waals surface area contributed by atoms with Crippen LogP contribution in [0.4, 0.5) is 14.5 Å². The van der Waals surface area contributed by atoms with E-state index in [0.717, 1.165) is 11.6 Å². The Bertz CT molecular complexity index is 684. The molecule has 0 aromatic heterocycles. The minimum atomic E-state index is -0.867. The van der Waals surface area contributed by atoms with Gasteiger partial charge in [-0.1, -0.05) is 17.7 Å². The molecule has 0 fully saturated rings. The molecule has 104 valence electrons. The van der Waals surface area contributed by atoms with Gasteiger partial charge < -0.3 is 10.4 Å². The highest BCUT2D eigenvalue weighted by Crippen LogP contribution is 2.24. The van der Waals surface area contributed by atoms with Gasteiger partial charge in [-0.15, -0.1) is 0 Å². The molecule has 0 aliphatic rings. The smallest absolute Gasteiger partial charge is 0.259 e. The number of phenolic OH excluding ortho intramolecular Hbond substituents is 1. The number of aryl methyl sites for hydroxylation is 2. The lowest BCUT2D eigenvalue weighted by molar-refractivity contribution is 0.102. The number of hydrogen-bond donors (Lipinski definition) is 2. The van der Waals surface area contributed by atoms with Crippen LogP contribution < -0.4 is 5.32 Å². The molecule has 2 aromatic carbocycles. The molecular weight excluding hydrogens is 264 g/mol. The molecule has 0 radical (unpaired) electrons. The van der Waals surface area contributed by atoms with E-state index < -0.39 is 23.2 Å². The molecule has 0 saturated heterocycles. The highest BCUT2D eigenvalue weighted by molar-refractivity contribution is 6.06. The third kappa shape index (κ3) is 2.61. The van der Waals surface area contributed by atoms with Gasteiger partial charge in [0.25, 0.3) is 5.91 Å². The number of hydrogen-bond acceptors (Lipinski definition) is 2. The van der Waals surface area contributed by atoms with E-state index in [4.69, 9.17) is 0 Å². The highest BCUT2D eigenvalue weighted by atomic mass is 19.1. The highest BCUT2D eigenvalue weighted by Gasteiger charge is 2.17. The monoisotopic (exact) mass is 277 g/mol. The maximum absolute atomic E-state index is 13.8. The van der Waals surface area contributed by atoms with Crippen molar-refractivity contribution in [3.05, 3.63) is 58.7 Å². The summed E-state index contributed by atoms with van der Waals surface area (Å²) in [6, 6.07) is 6.78. The van der Waals surface area contributed by atoms with Crippen LogP contribution in [0.2, 0.25) is 0 Å². The van der Waals surface area contributed by atoms with E-state index in [1.165, 1.54) is 25.1 Å². The summed E-state index contributed by atoms with van der Waals surface area (Å²) in [6.07, 6.45) is 0. The zero-order chi connectivity index (χ0) is 14.9. The molecule has 2 aromatic rings. The van der Waals surface area contributed by atoms with Crippen LogP contribution in [0.5, 0.6) is 5.75 Å². The number of carbonyl (C=O) groups is 1. The molecule has 0 bridgehead atoms. The number of carbonyl (C=O) groups excluding carboxylic acids is 1. The van der Waals surface area contributed by atoms with Gasteiger partial charge in [0.2, 0.25) is 0 Å². The normalized spacial score (nSPS) is 10.4. The first-order valence-corrected chi connectivity index (χ1v) is 5.95. The number of aromatic hydroxyl groups is 1. The lowest BCUT2D eigenvalue weighted by atomic mass is 10.1. The minimum absolute atomic E-state index is 0.0368. The molecule has 5 heteroatoms. The molecule has 0 aliphatic heterocycles. The van der Waals surface area contributed by atoms with E-state index in [1.807, 2.05) is 0 Å². The van der Waals surface area contributed by atoms with Crippen LogP contribution in [-0.4, -0.2) is 11.0 Å². The third-order valence-corrected chi connectivity index (χ3v) is 2.92. The van der Waals surface area contributed by atoms with Crippen molar-refractivity contribution in [2.24, 2.45) is 0 Å². The van der Waals surface area contributed by atoms with Crippen molar-refractivity contribution in [2.75, 3.05) is 5.32 Å². The van der Waals surface area contributed by atoms with E-state index in [-0.39, 0.29) is 16.9 Å². The summed E-state index contributed by atoms with van der Waals surface area (Å²) in [5.74, 6) is -2.71. The fraction of sp³-hybridized carbons (Fsp3) is 0.133. The zero-order valence-corrected chi connectivity index (χ0v) is 11.0. The molecule has 0 aliphatic carbocycles. The van der Waals surface area contributed by atoms with Gasteiger partial charge in [0.15, 0.2) is 5.82 Å². The molecule has 2 rings (SSSR count). The molecule has 0 spiro atoms. The van der Waals surface area contributed by atoms with Gasteiger partial charge in [0.05, 0.1) is 5.56 Å². The summed E-state index contributed by atoms with van der Waals surface area (Å²) in [5.41, 5.74) is 0.412. The van der Waals surface area contributed by atoms with Crippen LogP contribution in [0.25, 0.3) is 0 Å². The maximum atomic E-state index is 13.8. The van der Waals surface area contributed by atoms with Gasteiger partial charge in [-0.25, -0.2) is 8.78 Å². The lowest BCUT2D eigenvalue weighted by Crippen LogP contribution is -2.15. The van der Waals surface area contributed by atoms with Crippen LogP contribution >= 0.6 is 0 Å². The standard InChI is InChI=1S/C15H13F2NO2/c1-8-3-6-12(19)10(7-8)15(20)18-14-11(16)5-4-9(2)13(14)17/h3-7,19H,1-2H3,(H,18,20). The third-order valence-electron chi connectivity index (χ3n) is 2.92. The Hall–Kier alpha value is -2.43. The Morgan fingerprint density at radius 2 is 1.85 bits per heavy atom. The van der Waals surface area contributed by atoms with Gasteiger partial charge in [0.1, 0.15) is 17.3 Å². The van der Waals surface area contributed by atoms with Gasteiger partial charge in [0, 0.05) is 0 Å². The summed E-state index contributed by atoms with van der Waals surface area (Å²) < 4.78 is 27.4. The Kier molecular flexibility index (Phi) is 3.70. The van der Waals surface area contributed by atoms with Crippen molar-refractivity contribution in [3.8, 4) is 5.75 Å². The Labute approximate surface area is 114 Å². The van der Waals surface area contributed by atoms with E-state index in [9.17, 15) is 18.7 Å². The molecule has 0 unspecified atom stereocenters. The molecule has 0 saturated carbocycles. The van der Waals surface area contributed by atoms with Crippen LogP contribution in [0.3, 0.4) is 0 Å². The number of halogens is 2. The predicted octanol–water partition coefficient (Wildman–Crippen LogP) is 3.54. The van der Waals surface area contributed by atoms with Gasteiger partial charge >= 0.3 is 0 Å². The van der Waals surface area contributed by atoms with Gasteiger partial charge in [-0.05, 0) is 37.6 Å². The zero-order valence-electron chi connectivity index (χ0n) is 11.0. The second-order valence-corrected chi connectivity index (χ2v) is 4.53. The lowest BCUT2D eigenvalue weighted by Gasteiger charge is -2.10. The largest absolute Gasteiger partial charge is 0.507 e. The quantitative estimate of drug-likeness (QED) is 0.882. The Morgan fingerprint density at radius 1 is 1.15 bits per heavy atom. The van der Waals surface area contributed by atoms with Crippen molar-refractivity contribution in [2.45, 2.75) is 13.8 Å². The summed E-state index contributed by atoms with van der Waals surface area (Å²) in [7, 11) is 0. The molecular formula is C15H13F2NO2. The second-order valence-electron chi connectivity index (χ2n) is 4.53. The Balaban J connectivity index is 2.38. The van der Waals surface area contributed by atoms with Crippen molar-refractivity contribution < 1.29 is 18.7 Å². The van der Waals surface area contributed by atoms with Crippen LogP contribution in [0, 0.1) is 25.5 Å². The number of phenols is 1. The first-order valence-electron chi connectivity index (χ1n) is 5.95. The first-order chi connectivity index (χ1) is 9.40. The number of rotatable bonds is 2. The Morgan fingerprint density at radius 3 is 2.55 bits per heavy atom. The maximum Gasteiger partial charge on any atom is 0.259 e. The summed E-state index contributed by atoms with van der Waals surface area (Å²) in [6.45, 7) is 3.21. The van der Waals surface area contributed by atoms with Crippen molar-refractivity contribution in [1.29, 1.82) is 0 Å². The first kappa shape index (κ1) is 14.0.